The normalized spacial score (nSPS) is 50.7. The molecule has 104 valence electrons. The average Bonchev–Trinajstić information content (AvgIpc) is 2.85. The van der Waals surface area contributed by atoms with Crippen LogP contribution >= 0.6 is 0 Å². The molecular formula is C17H24O2. The Morgan fingerprint density at radius 1 is 1.32 bits per heavy atom. The zero-order valence-electron chi connectivity index (χ0n) is 12.3. The first-order valence-electron chi connectivity index (χ1n) is 7.75. The number of ether oxygens (including phenoxy) is 1. The second kappa shape index (κ2) is 3.33. The van der Waals surface area contributed by atoms with E-state index in [1.807, 2.05) is 6.08 Å². The fourth-order valence-electron chi connectivity index (χ4n) is 5.64. The van der Waals surface area contributed by atoms with Gasteiger partial charge in [-0.05, 0) is 43.1 Å². The minimum atomic E-state index is 0.0202. The molecule has 3 aliphatic carbocycles. The SMILES string of the molecule is CC1(C)[C@@H]2CC[C@@]1(C)[C@@]1(CC3=CC(=O)C[C@H]3CO1)C2. The molecule has 0 aromatic rings. The Hall–Kier alpha value is -0.630. The summed E-state index contributed by atoms with van der Waals surface area (Å²) < 4.78 is 6.47. The summed E-state index contributed by atoms with van der Waals surface area (Å²) in [6, 6.07) is 0. The van der Waals surface area contributed by atoms with E-state index in [0.29, 0.717) is 23.5 Å². The second-order valence-corrected chi connectivity index (χ2v) is 8.06. The highest BCUT2D eigenvalue weighted by atomic mass is 16.5. The van der Waals surface area contributed by atoms with Gasteiger partial charge in [0.25, 0.3) is 0 Å². The van der Waals surface area contributed by atoms with Crippen molar-refractivity contribution in [3.63, 3.8) is 0 Å². The number of hydrogen-bond acceptors (Lipinski definition) is 2. The van der Waals surface area contributed by atoms with Gasteiger partial charge in [0.2, 0.25) is 0 Å². The third-order valence-electron chi connectivity index (χ3n) is 7.39. The highest BCUT2D eigenvalue weighted by Gasteiger charge is 2.70. The lowest BCUT2D eigenvalue weighted by Gasteiger charge is -2.51. The number of carbonyl (C=O) groups is 1. The van der Waals surface area contributed by atoms with E-state index < -0.39 is 0 Å². The highest BCUT2D eigenvalue weighted by molar-refractivity contribution is 5.93. The summed E-state index contributed by atoms with van der Waals surface area (Å²) in [7, 11) is 0. The summed E-state index contributed by atoms with van der Waals surface area (Å²) in [4.78, 5) is 11.6. The average molecular weight is 260 g/mol. The van der Waals surface area contributed by atoms with Crippen LogP contribution in [-0.2, 0) is 9.53 Å². The van der Waals surface area contributed by atoms with Gasteiger partial charge in [0, 0.05) is 17.8 Å². The molecule has 1 spiro atoms. The highest BCUT2D eigenvalue weighted by Crippen LogP contribution is 2.72. The number of allylic oxidation sites excluding steroid dienone is 1. The van der Waals surface area contributed by atoms with E-state index in [1.165, 1.54) is 24.8 Å². The van der Waals surface area contributed by atoms with Gasteiger partial charge in [0.1, 0.15) is 0 Å². The van der Waals surface area contributed by atoms with Gasteiger partial charge in [0.05, 0.1) is 12.2 Å². The van der Waals surface area contributed by atoms with Crippen molar-refractivity contribution in [3.8, 4) is 0 Å². The van der Waals surface area contributed by atoms with E-state index >= 15 is 0 Å². The molecule has 0 aromatic carbocycles. The van der Waals surface area contributed by atoms with Gasteiger partial charge in [-0.3, -0.25) is 4.79 Å². The third-order valence-corrected chi connectivity index (χ3v) is 7.39. The lowest BCUT2D eigenvalue weighted by atomic mass is 9.61. The predicted molar refractivity (Wildman–Crippen MR) is 73.7 cm³/mol. The number of rotatable bonds is 0. The number of hydrogen-bond donors (Lipinski definition) is 0. The molecule has 2 saturated carbocycles. The molecule has 0 aromatic heterocycles. The van der Waals surface area contributed by atoms with Crippen LogP contribution in [0.15, 0.2) is 11.6 Å². The van der Waals surface area contributed by atoms with E-state index in [4.69, 9.17) is 4.74 Å². The largest absolute Gasteiger partial charge is 0.373 e. The zero-order chi connectivity index (χ0) is 13.5. The molecule has 4 atom stereocenters. The molecule has 3 fully saturated rings. The minimum absolute atomic E-state index is 0.0202. The molecule has 1 heterocycles. The maximum atomic E-state index is 11.6. The van der Waals surface area contributed by atoms with Crippen molar-refractivity contribution in [1.82, 2.24) is 0 Å². The first-order valence-corrected chi connectivity index (χ1v) is 7.75. The number of ketones is 1. The van der Waals surface area contributed by atoms with E-state index in [1.54, 1.807) is 0 Å². The van der Waals surface area contributed by atoms with Gasteiger partial charge in [-0.2, -0.15) is 0 Å². The van der Waals surface area contributed by atoms with Crippen molar-refractivity contribution in [2.24, 2.45) is 22.7 Å². The quantitative estimate of drug-likeness (QED) is 0.666. The lowest BCUT2D eigenvalue weighted by Crippen LogP contribution is -2.52. The smallest absolute Gasteiger partial charge is 0.156 e. The predicted octanol–water partition coefficient (Wildman–Crippen LogP) is 3.51. The molecule has 2 heteroatoms. The zero-order valence-corrected chi connectivity index (χ0v) is 12.3. The Bertz CT molecular complexity index is 489. The van der Waals surface area contributed by atoms with Crippen LogP contribution in [0.25, 0.3) is 0 Å². The Morgan fingerprint density at radius 2 is 2.11 bits per heavy atom. The fraction of sp³-hybridized carbons (Fsp3) is 0.824. The standard InChI is InChI=1S/C17H24O2/c1-15(2)13-4-5-16(15,3)17(9-13)8-11-6-14(18)7-12(11)10-19-17/h6,12-13H,4-5,7-10H2,1-3H3/t12-,13+,16+,17+/m0/s1. The van der Waals surface area contributed by atoms with Crippen molar-refractivity contribution >= 4 is 5.78 Å². The van der Waals surface area contributed by atoms with Crippen LogP contribution in [0.4, 0.5) is 0 Å². The first-order chi connectivity index (χ1) is 8.88. The van der Waals surface area contributed by atoms with E-state index in [0.717, 1.165) is 18.9 Å². The fourth-order valence-corrected chi connectivity index (χ4v) is 5.64. The lowest BCUT2D eigenvalue weighted by molar-refractivity contribution is -0.160. The second-order valence-electron chi connectivity index (χ2n) is 8.06. The van der Waals surface area contributed by atoms with Gasteiger partial charge in [-0.1, -0.05) is 26.3 Å². The van der Waals surface area contributed by atoms with Crippen molar-refractivity contribution in [1.29, 1.82) is 0 Å². The maximum absolute atomic E-state index is 11.6. The molecule has 4 aliphatic rings. The molecule has 0 amide bonds. The molecular weight excluding hydrogens is 236 g/mol. The van der Waals surface area contributed by atoms with Crippen molar-refractivity contribution in [2.75, 3.05) is 6.61 Å². The van der Waals surface area contributed by atoms with Crippen LogP contribution in [0.5, 0.6) is 0 Å². The number of fused-ring (bicyclic) bond motifs is 4. The molecule has 19 heavy (non-hydrogen) atoms. The molecule has 0 N–H and O–H groups in total. The van der Waals surface area contributed by atoms with Gasteiger partial charge in [-0.15, -0.1) is 0 Å². The van der Waals surface area contributed by atoms with Crippen LogP contribution in [0.2, 0.25) is 0 Å². The summed E-state index contributed by atoms with van der Waals surface area (Å²) in [6.07, 6.45) is 7.48. The number of carbonyl (C=O) groups excluding carboxylic acids is 1. The summed E-state index contributed by atoms with van der Waals surface area (Å²) in [5, 5.41) is 0. The van der Waals surface area contributed by atoms with E-state index in [-0.39, 0.29) is 11.0 Å². The maximum Gasteiger partial charge on any atom is 0.156 e. The Balaban J connectivity index is 1.73. The van der Waals surface area contributed by atoms with Crippen LogP contribution in [0, 0.1) is 22.7 Å². The summed E-state index contributed by atoms with van der Waals surface area (Å²) in [5.74, 6) is 1.50. The Kier molecular flexibility index (Phi) is 2.13. The molecule has 0 radical (unpaired) electrons. The Morgan fingerprint density at radius 3 is 2.74 bits per heavy atom. The minimum Gasteiger partial charge on any atom is -0.373 e. The van der Waals surface area contributed by atoms with Crippen LogP contribution < -0.4 is 0 Å². The molecule has 4 rings (SSSR count). The molecule has 0 unspecified atom stereocenters. The van der Waals surface area contributed by atoms with Gasteiger partial charge >= 0.3 is 0 Å². The van der Waals surface area contributed by atoms with Crippen LogP contribution in [0.1, 0.15) is 52.9 Å². The van der Waals surface area contributed by atoms with Gasteiger partial charge in [0.15, 0.2) is 5.78 Å². The monoisotopic (exact) mass is 260 g/mol. The van der Waals surface area contributed by atoms with Crippen LogP contribution in [0.3, 0.4) is 0 Å². The molecule has 1 saturated heterocycles. The topological polar surface area (TPSA) is 26.3 Å². The summed E-state index contributed by atoms with van der Waals surface area (Å²) in [5.41, 5.74) is 2.07. The van der Waals surface area contributed by atoms with Crippen LogP contribution in [-0.4, -0.2) is 18.0 Å². The van der Waals surface area contributed by atoms with Crippen molar-refractivity contribution in [2.45, 2.75) is 58.5 Å². The third kappa shape index (κ3) is 1.25. The van der Waals surface area contributed by atoms with E-state index in [9.17, 15) is 4.79 Å². The summed E-state index contributed by atoms with van der Waals surface area (Å²) >= 11 is 0. The Labute approximate surface area is 115 Å². The van der Waals surface area contributed by atoms with E-state index in [2.05, 4.69) is 20.8 Å². The molecule has 2 bridgehead atoms. The van der Waals surface area contributed by atoms with Gasteiger partial charge < -0.3 is 4.74 Å². The molecule has 2 nitrogen and oxygen atoms in total. The summed E-state index contributed by atoms with van der Waals surface area (Å²) in [6.45, 7) is 8.08. The first kappa shape index (κ1) is 12.1. The van der Waals surface area contributed by atoms with Gasteiger partial charge in [-0.25, -0.2) is 0 Å². The van der Waals surface area contributed by atoms with Crippen molar-refractivity contribution in [3.05, 3.63) is 11.6 Å². The van der Waals surface area contributed by atoms with Crippen molar-refractivity contribution < 1.29 is 9.53 Å². The molecule has 1 aliphatic heterocycles.